The molecule has 146 valence electrons. The van der Waals surface area contributed by atoms with Gasteiger partial charge < -0.3 is 9.80 Å². The van der Waals surface area contributed by atoms with Gasteiger partial charge in [-0.3, -0.25) is 18.8 Å². The highest BCUT2D eigenvalue weighted by atomic mass is 16.2. The topological polar surface area (TPSA) is 75.0 Å². The second-order valence-electron chi connectivity index (χ2n) is 7.52. The van der Waals surface area contributed by atoms with Crippen molar-refractivity contribution < 1.29 is 9.59 Å². The number of pyridine rings is 1. The Hall–Kier alpha value is -3.48. The molecule has 1 saturated heterocycles. The molecule has 0 spiro atoms. The summed E-state index contributed by atoms with van der Waals surface area (Å²) >= 11 is 0. The number of amides is 2. The Morgan fingerprint density at radius 2 is 1.83 bits per heavy atom. The molecule has 0 aliphatic carbocycles. The van der Waals surface area contributed by atoms with E-state index in [1.165, 1.54) is 4.40 Å². The van der Waals surface area contributed by atoms with E-state index in [0.29, 0.717) is 30.7 Å². The van der Waals surface area contributed by atoms with Crippen LogP contribution >= 0.6 is 0 Å². The molecular formula is C22H20N4O3. The van der Waals surface area contributed by atoms with Crippen molar-refractivity contribution in [3.05, 3.63) is 76.3 Å². The van der Waals surface area contributed by atoms with E-state index in [9.17, 15) is 14.4 Å². The lowest BCUT2D eigenvalue weighted by Crippen LogP contribution is -2.43. The first-order chi connectivity index (χ1) is 14.1. The van der Waals surface area contributed by atoms with Gasteiger partial charge in [-0.1, -0.05) is 24.3 Å². The molecule has 7 nitrogen and oxygen atoms in total. The Morgan fingerprint density at radius 1 is 1.03 bits per heavy atom. The average molecular weight is 388 g/mol. The smallest absolute Gasteiger partial charge is 0.263 e. The quantitative estimate of drug-likeness (QED) is 0.669. The van der Waals surface area contributed by atoms with Crippen LogP contribution in [0.4, 0.5) is 5.69 Å². The monoisotopic (exact) mass is 388 g/mol. The maximum atomic E-state index is 13.1. The lowest BCUT2D eigenvalue weighted by atomic mass is 10.0. The normalized spacial score (nSPS) is 18.9. The summed E-state index contributed by atoms with van der Waals surface area (Å²) < 4.78 is 1.52. The summed E-state index contributed by atoms with van der Waals surface area (Å²) in [5.41, 5.74) is 2.63. The summed E-state index contributed by atoms with van der Waals surface area (Å²) in [4.78, 5) is 46.4. The minimum Gasteiger partial charge on any atom is -0.337 e. The van der Waals surface area contributed by atoms with Crippen LogP contribution in [0, 0.1) is 5.92 Å². The predicted octanol–water partition coefficient (Wildman–Crippen LogP) is 1.63. The van der Waals surface area contributed by atoms with Crippen LogP contribution in [0.15, 0.2) is 59.5 Å². The van der Waals surface area contributed by atoms with E-state index in [1.807, 2.05) is 42.5 Å². The summed E-state index contributed by atoms with van der Waals surface area (Å²) in [6.07, 6.45) is 2.44. The number of nitrogens with zero attached hydrogens (tertiary/aromatic N) is 4. The van der Waals surface area contributed by atoms with Gasteiger partial charge in [0.25, 0.3) is 5.56 Å². The Labute approximate surface area is 167 Å². The highest BCUT2D eigenvalue weighted by Gasteiger charge is 2.38. The molecule has 3 aromatic rings. The lowest BCUT2D eigenvalue weighted by molar-refractivity contribution is -0.136. The molecule has 4 heterocycles. The number of carbonyl (C=O) groups is 2. The van der Waals surface area contributed by atoms with Gasteiger partial charge in [-0.25, -0.2) is 4.98 Å². The zero-order valence-electron chi connectivity index (χ0n) is 15.8. The fourth-order valence-corrected chi connectivity index (χ4v) is 4.22. The average Bonchev–Trinajstić information content (AvgIpc) is 3.15. The number of fused-ring (bicyclic) bond motifs is 2. The highest BCUT2D eigenvalue weighted by molar-refractivity contribution is 6.00. The molecule has 0 radical (unpaired) electrons. The molecule has 1 aromatic carbocycles. The Balaban J connectivity index is 1.38. The first kappa shape index (κ1) is 17.6. The van der Waals surface area contributed by atoms with Gasteiger partial charge in [0, 0.05) is 37.8 Å². The number of para-hydroxylation sites is 1. The fourth-order valence-electron chi connectivity index (χ4n) is 4.22. The Kier molecular flexibility index (Phi) is 4.16. The standard InChI is InChI=1S/C22H20N4O3/c27-20-12-15(13-26(20)16-6-2-1-3-7-16)21(28)24-11-9-18-17(14-24)22(29)25-10-5-4-8-19(25)23-18/h1-8,10,15H,9,11-14H2/t15-/m0/s1. The summed E-state index contributed by atoms with van der Waals surface area (Å²) in [6.45, 7) is 1.13. The number of anilines is 1. The van der Waals surface area contributed by atoms with Gasteiger partial charge in [-0.05, 0) is 24.3 Å². The van der Waals surface area contributed by atoms with E-state index >= 15 is 0 Å². The molecule has 0 unspecified atom stereocenters. The third kappa shape index (κ3) is 2.99. The maximum absolute atomic E-state index is 13.1. The summed E-state index contributed by atoms with van der Waals surface area (Å²) in [5.74, 6) is -0.500. The number of hydrogen-bond acceptors (Lipinski definition) is 4. The first-order valence-corrected chi connectivity index (χ1v) is 9.75. The zero-order chi connectivity index (χ0) is 20.0. The molecule has 7 heteroatoms. The van der Waals surface area contributed by atoms with E-state index in [1.54, 1.807) is 22.1 Å². The van der Waals surface area contributed by atoms with Gasteiger partial charge in [0.1, 0.15) is 5.65 Å². The molecule has 2 aromatic heterocycles. The van der Waals surface area contributed by atoms with E-state index in [-0.39, 0.29) is 36.3 Å². The molecule has 0 bridgehead atoms. The van der Waals surface area contributed by atoms with E-state index in [4.69, 9.17) is 0 Å². The molecule has 2 aliphatic rings. The van der Waals surface area contributed by atoms with Crippen LogP contribution in [0.3, 0.4) is 0 Å². The molecule has 0 N–H and O–H groups in total. The van der Waals surface area contributed by atoms with Crippen molar-refractivity contribution in [1.82, 2.24) is 14.3 Å². The second kappa shape index (κ2) is 6.84. The fraction of sp³-hybridized carbons (Fsp3) is 0.273. The van der Waals surface area contributed by atoms with Crippen LogP contribution in [0.1, 0.15) is 17.7 Å². The van der Waals surface area contributed by atoms with Gasteiger partial charge in [-0.2, -0.15) is 0 Å². The minimum atomic E-state index is -0.388. The third-order valence-electron chi connectivity index (χ3n) is 5.73. The zero-order valence-corrected chi connectivity index (χ0v) is 15.8. The van der Waals surface area contributed by atoms with Crippen molar-refractivity contribution in [2.45, 2.75) is 19.4 Å². The summed E-state index contributed by atoms with van der Waals surface area (Å²) in [6, 6.07) is 14.8. The molecule has 29 heavy (non-hydrogen) atoms. The number of aromatic nitrogens is 2. The summed E-state index contributed by atoms with van der Waals surface area (Å²) in [5, 5.41) is 0. The van der Waals surface area contributed by atoms with Crippen LogP contribution < -0.4 is 10.5 Å². The lowest BCUT2D eigenvalue weighted by Gasteiger charge is -2.30. The minimum absolute atomic E-state index is 0.0420. The maximum Gasteiger partial charge on any atom is 0.263 e. The number of rotatable bonds is 2. The van der Waals surface area contributed by atoms with Crippen LogP contribution in [0.2, 0.25) is 0 Å². The van der Waals surface area contributed by atoms with Crippen molar-refractivity contribution in [2.75, 3.05) is 18.0 Å². The van der Waals surface area contributed by atoms with Crippen molar-refractivity contribution in [1.29, 1.82) is 0 Å². The van der Waals surface area contributed by atoms with Crippen LogP contribution in [-0.4, -0.2) is 39.2 Å². The number of carbonyl (C=O) groups excluding carboxylic acids is 2. The number of hydrogen-bond donors (Lipinski definition) is 0. The number of benzene rings is 1. The molecular weight excluding hydrogens is 368 g/mol. The highest BCUT2D eigenvalue weighted by Crippen LogP contribution is 2.27. The van der Waals surface area contributed by atoms with Crippen molar-refractivity contribution >= 4 is 23.1 Å². The van der Waals surface area contributed by atoms with E-state index in [0.717, 1.165) is 11.4 Å². The van der Waals surface area contributed by atoms with Crippen molar-refractivity contribution in [2.24, 2.45) is 5.92 Å². The van der Waals surface area contributed by atoms with Crippen molar-refractivity contribution in [3.8, 4) is 0 Å². The first-order valence-electron chi connectivity index (χ1n) is 9.75. The van der Waals surface area contributed by atoms with Crippen LogP contribution in [-0.2, 0) is 22.6 Å². The van der Waals surface area contributed by atoms with Crippen molar-refractivity contribution in [3.63, 3.8) is 0 Å². The Bertz CT molecular complexity index is 1170. The molecule has 5 rings (SSSR count). The predicted molar refractivity (Wildman–Crippen MR) is 107 cm³/mol. The van der Waals surface area contributed by atoms with Gasteiger partial charge in [0.15, 0.2) is 0 Å². The van der Waals surface area contributed by atoms with Crippen LogP contribution in [0.25, 0.3) is 5.65 Å². The van der Waals surface area contributed by atoms with Gasteiger partial charge in [-0.15, -0.1) is 0 Å². The SMILES string of the molecule is O=C([C@H]1CC(=O)N(c2ccccc2)C1)N1CCc2nc3ccccn3c(=O)c2C1. The molecule has 2 amide bonds. The largest absolute Gasteiger partial charge is 0.337 e. The molecule has 1 atom stereocenters. The Morgan fingerprint density at radius 3 is 2.66 bits per heavy atom. The molecule has 1 fully saturated rings. The van der Waals surface area contributed by atoms with E-state index in [2.05, 4.69) is 4.98 Å². The van der Waals surface area contributed by atoms with E-state index < -0.39 is 0 Å². The third-order valence-corrected chi connectivity index (χ3v) is 5.73. The van der Waals surface area contributed by atoms with Gasteiger partial charge >= 0.3 is 0 Å². The molecule has 2 aliphatic heterocycles. The summed E-state index contributed by atoms with van der Waals surface area (Å²) in [7, 11) is 0. The molecule has 0 saturated carbocycles. The second-order valence-corrected chi connectivity index (χ2v) is 7.52. The van der Waals surface area contributed by atoms with Crippen LogP contribution in [0.5, 0.6) is 0 Å². The van der Waals surface area contributed by atoms with Gasteiger partial charge in [0.05, 0.1) is 23.7 Å². The van der Waals surface area contributed by atoms with Gasteiger partial charge in [0.2, 0.25) is 11.8 Å².